The number of rotatable bonds is 4. The van der Waals surface area contributed by atoms with Crippen LogP contribution >= 0.6 is 0 Å². The zero-order valence-electron chi connectivity index (χ0n) is 12.7. The lowest BCUT2D eigenvalue weighted by atomic mass is 9.85. The Hall–Kier alpha value is -0.900. The molecule has 1 atom stereocenters. The molecule has 1 N–H and O–H groups in total. The van der Waals surface area contributed by atoms with Gasteiger partial charge in [0.2, 0.25) is 5.89 Å². The molecule has 0 radical (unpaired) electrons. The van der Waals surface area contributed by atoms with Gasteiger partial charge in [-0.05, 0) is 25.3 Å². The monoisotopic (exact) mass is 265 g/mol. The number of nitrogens with zero attached hydrogens (tertiary/aromatic N) is 2. The van der Waals surface area contributed by atoms with Crippen LogP contribution < -0.4 is 5.32 Å². The maximum atomic E-state index is 5.44. The molecular formula is C15H27N3O. The van der Waals surface area contributed by atoms with Crippen molar-refractivity contribution >= 4 is 0 Å². The lowest BCUT2D eigenvalue weighted by Gasteiger charge is -2.29. The van der Waals surface area contributed by atoms with Gasteiger partial charge in [-0.25, -0.2) is 0 Å². The maximum Gasteiger partial charge on any atom is 0.228 e. The highest BCUT2D eigenvalue weighted by atomic mass is 16.5. The molecule has 2 rings (SSSR count). The lowest BCUT2D eigenvalue weighted by molar-refractivity contribution is 0.254. The summed E-state index contributed by atoms with van der Waals surface area (Å²) in [6.07, 6.45) is 7.19. The van der Waals surface area contributed by atoms with Crippen molar-refractivity contribution in [3.63, 3.8) is 0 Å². The van der Waals surface area contributed by atoms with Crippen molar-refractivity contribution in [1.82, 2.24) is 15.5 Å². The van der Waals surface area contributed by atoms with Gasteiger partial charge in [0.25, 0.3) is 0 Å². The molecule has 4 heteroatoms. The van der Waals surface area contributed by atoms with E-state index in [1.165, 1.54) is 32.1 Å². The minimum atomic E-state index is 0.189. The minimum Gasteiger partial charge on any atom is -0.339 e. The summed E-state index contributed by atoms with van der Waals surface area (Å²) in [5.74, 6) is 2.22. The third kappa shape index (κ3) is 3.78. The maximum absolute atomic E-state index is 5.44. The second-order valence-corrected chi connectivity index (χ2v) is 6.79. The van der Waals surface area contributed by atoms with Gasteiger partial charge in [-0.3, -0.25) is 0 Å². The summed E-state index contributed by atoms with van der Waals surface area (Å²) >= 11 is 0. The zero-order valence-corrected chi connectivity index (χ0v) is 12.7. The molecule has 0 amide bonds. The van der Waals surface area contributed by atoms with Gasteiger partial charge < -0.3 is 9.84 Å². The molecule has 0 aliphatic heterocycles. The molecule has 1 aromatic heterocycles. The smallest absolute Gasteiger partial charge is 0.228 e. The van der Waals surface area contributed by atoms with Crippen molar-refractivity contribution in [2.45, 2.75) is 71.3 Å². The van der Waals surface area contributed by atoms with Gasteiger partial charge in [0, 0.05) is 18.4 Å². The fraction of sp³-hybridized carbons (Fsp3) is 0.867. The molecule has 1 unspecified atom stereocenters. The summed E-state index contributed by atoms with van der Waals surface area (Å²) in [4.78, 5) is 4.62. The zero-order chi connectivity index (χ0) is 13.9. The van der Waals surface area contributed by atoms with E-state index in [1.54, 1.807) is 0 Å². The van der Waals surface area contributed by atoms with E-state index in [0.29, 0.717) is 12.0 Å². The highest BCUT2D eigenvalue weighted by Crippen LogP contribution is 2.31. The second kappa shape index (κ2) is 6.04. The van der Waals surface area contributed by atoms with E-state index in [4.69, 9.17) is 4.52 Å². The highest BCUT2D eigenvalue weighted by molar-refractivity contribution is 4.99. The van der Waals surface area contributed by atoms with Gasteiger partial charge in [0.1, 0.15) is 0 Å². The van der Waals surface area contributed by atoms with E-state index in [-0.39, 0.29) is 5.41 Å². The Bertz CT molecular complexity index is 388. The third-order valence-corrected chi connectivity index (χ3v) is 4.23. The summed E-state index contributed by atoms with van der Waals surface area (Å²) in [7, 11) is 1.99. The Labute approximate surface area is 116 Å². The lowest BCUT2D eigenvalue weighted by Crippen LogP contribution is -2.39. The molecule has 108 valence electrons. The first-order valence-electron chi connectivity index (χ1n) is 7.50. The Morgan fingerprint density at radius 3 is 2.53 bits per heavy atom. The van der Waals surface area contributed by atoms with Crippen LogP contribution in [0.2, 0.25) is 0 Å². The normalized spacial score (nSPS) is 19.6. The molecule has 0 spiro atoms. The van der Waals surface area contributed by atoms with Crippen molar-refractivity contribution < 1.29 is 4.52 Å². The quantitative estimate of drug-likeness (QED) is 0.907. The predicted octanol–water partition coefficient (Wildman–Crippen LogP) is 3.29. The largest absolute Gasteiger partial charge is 0.339 e. The van der Waals surface area contributed by atoms with Gasteiger partial charge in [-0.1, -0.05) is 45.2 Å². The van der Waals surface area contributed by atoms with Crippen molar-refractivity contribution in [2.24, 2.45) is 5.41 Å². The third-order valence-electron chi connectivity index (χ3n) is 4.23. The van der Waals surface area contributed by atoms with Crippen molar-refractivity contribution in [1.29, 1.82) is 0 Å². The predicted molar refractivity (Wildman–Crippen MR) is 76.1 cm³/mol. The fourth-order valence-corrected chi connectivity index (χ4v) is 2.89. The van der Waals surface area contributed by atoms with Gasteiger partial charge in [0.15, 0.2) is 5.82 Å². The van der Waals surface area contributed by atoms with Crippen molar-refractivity contribution in [3.8, 4) is 0 Å². The summed E-state index contributed by atoms with van der Waals surface area (Å²) in [6, 6.07) is 0.354. The molecule has 0 bridgehead atoms. The van der Waals surface area contributed by atoms with Crippen LogP contribution in [0.15, 0.2) is 4.52 Å². The number of hydrogen-bond donors (Lipinski definition) is 1. The van der Waals surface area contributed by atoms with Gasteiger partial charge in [0.05, 0.1) is 0 Å². The van der Waals surface area contributed by atoms with Gasteiger partial charge in [-0.2, -0.15) is 4.98 Å². The number of aromatic nitrogens is 2. The molecular weight excluding hydrogens is 238 g/mol. The SMILES string of the molecule is CNC(Cc1nc(C2CCCCC2)no1)C(C)(C)C. The summed E-state index contributed by atoms with van der Waals surface area (Å²) in [6.45, 7) is 6.69. The topological polar surface area (TPSA) is 51.0 Å². The molecule has 0 saturated heterocycles. The first-order valence-corrected chi connectivity index (χ1v) is 7.50. The fourth-order valence-electron chi connectivity index (χ4n) is 2.89. The van der Waals surface area contributed by atoms with Crippen LogP contribution in [0.5, 0.6) is 0 Å². The van der Waals surface area contributed by atoms with Crippen LogP contribution in [0.1, 0.15) is 70.5 Å². The Kier molecular flexibility index (Phi) is 4.61. The van der Waals surface area contributed by atoms with Crippen LogP contribution in [0.4, 0.5) is 0 Å². The van der Waals surface area contributed by atoms with Crippen molar-refractivity contribution in [2.75, 3.05) is 7.05 Å². The molecule has 0 aromatic carbocycles. The number of hydrogen-bond acceptors (Lipinski definition) is 4. The van der Waals surface area contributed by atoms with E-state index >= 15 is 0 Å². The van der Waals surface area contributed by atoms with Gasteiger partial charge >= 0.3 is 0 Å². The number of nitrogens with one attached hydrogen (secondary N) is 1. The molecule has 1 heterocycles. The van der Waals surface area contributed by atoms with E-state index in [0.717, 1.165) is 18.1 Å². The molecule has 1 aliphatic rings. The first-order chi connectivity index (χ1) is 9.00. The van der Waals surface area contributed by atoms with Gasteiger partial charge in [-0.15, -0.1) is 0 Å². The summed E-state index contributed by atoms with van der Waals surface area (Å²) in [5.41, 5.74) is 0.189. The molecule has 1 aromatic rings. The molecule has 4 nitrogen and oxygen atoms in total. The average Bonchev–Trinajstić information content (AvgIpc) is 2.84. The van der Waals surface area contributed by atoms with E-state index < -0.39 is 0 Å². The van der Waals surface area contributed by atoms with Crippen LogP contribution in [-0.2, 0) is 6.42 Å². The van der Waals surface area contributed by atoms with Crippen LogP contribution in [-0.4, -0.2) is 23.2 Å². The Morgan fingerprint density at radius 2 is 1.95 bits per heavy atom. The standard InChI is InChI=1S/C15H27N3O/c1-15(2,3)12(16-4)10-13-17-14(18-19-13)11-8-6-5-7-9-11/h11-12,16H,5-10H2,1-4H3. The van der Waals surface area contributed by atoms with E-state index in [9.17, 15) is 0 Å². The van der Waals surface area contributed by atoms with E-state index in [2.05, 4.69) is 36.2 Å². The number of likely N-dealkylation sites (N-methyl/N-ethyl adjacent to an activating group) is 1. The second-order valence-electron chi connectivity index (χ2n) is 6.79. The summed E-state index contributed by atoms with van der Waals surface area (Å²) in [5, 5.41) is 7.55. The molecule has 19 heavy (non-hydrogen) atoms. The Balaban J connectivity index is 2.00. The van der Waals surface area contributed by atoms with Crippen molar-refractivity contribution in [3.05, 3.63) is 11.7 Å². The highest BCUT2D eigenvalue weighted by Gasteiger charge is 2.27. The first kappa shape index (κ1) is 14.5. The molecule has 1 fully saturated rings. The van der Waals surface area contributed by atoms with Crippen LogP contribution in [0, 0.1) is 5.41 Å². The average molecular weight is 265 g/mol. The molecule has 1 saturated carbocycles. The van der Waals surface area contributed by atoms with Crippen LogP contribution in [0.25, 0.3) is 0 Å². The molecule has 1 aliphatic carbocycles. The minimum absolute atomic E-state index is 0.189. The Morgan fingerprint density at radius 1 is 1.26 bits per heavy atom. The summed E-state index contributed by atoms with van der Waals surface area (Å²) < 4.78 is 5.44. The van der Waals surface area contributed by atoms with E-state index in [1.807, 2.05) is 7.05 Å². The van der Waals surface area contributed by atoms with Crippen LogP contribution in [0.3, 0.4) is 0 Å².